The van der Waals surface area contributed by atoms with Gasteiger partial charge < -0.3 is 5.11 Å². The Balaban J connectivity index is 2.13. The first kappa shape index (κ1) is 12.8. The van der Waals surface area contributed by atoms with Crippen LogP contribution in [-0.2, 0) is 5.85 Å². The molecule has 0 bridgehead atoms. The number of halogens is 1. The summed E-state index contributed by atoms with van der Waals surface area (Å²) in [5, 5.41) is 14.5. The number of benzene rings is 2. The molecule has 0 aliphatic heterocycles. The number of fused-ring (bicyclic) bond motifs is 1. The molecule has 4 heteroatoms. The van der Waals surface area contributed by atoms with Crippen molar-refractivity contribution in [2.45, 2.75) is 19.7 Å². The van der Waals surface area contributed by atoms with Gasteiger partial charge in [0.25, 0.3) is 0 Å². The molecular formula is C16H15FN2O. The Kier molecular flexibility index (Phi) is 2.83. The minimum absolute atomic E-state index is 0.230. The number of aromatic nitrogens is 2. The number of aliphatic hydroxyl groups is 1. The summed E-state index contributed by atoms with van der Waals surface area (Å²) in [5.41, 5.74) is 3.24. The average molecular weight is 270 g/mol. The van der Waals surface area contributed by atoms with E-state index in [0.29, 0.717) is 0 Å². The summed E-state index contributed by atoms with van der Waals surface area (Å²) in [6.45, 7) is 3.15. The monoisotopic (exact) mass is 270 g/mol. The lowest BCUT2D eigenvalue weighted by Crippen LogP contribution is -2.12. The van der Waals surface area contributed by atoms with E-state index in [9.17, 15) is 9.50 Å². The van der Waals surface area contributed by atoms with E-state index in [0.717, 1.165) is 23.5 Å². The van der Waals surface area contributed by atoms with E-state index in [-0.39, 0.29) is 5.56 Å². The van der Waals surface area contributed by atoms with Gasteiger partial charge in [0.15, 0.2) is 0 Å². The Morgan fingerprint density at radius 2 is 1.85 bits per heavy atom. The summed E-state index contributed by atoms with van der Waals surface area (Å²) in [7, 11) is 0. The average Bonchev–Trinajstić information content (AvgIpc) is 2.81. The first-order valence-electron chi connectivity index (χ1n) is 6.42. The third kappa shape index (κ3) is 2.18. The Bertz CT molecular complexity index is 754. The molecule has 0 aliphatic rings. The van der Waals surface area contributed by atoms with Crippen LogP contribution in [0, 0.1) is 6.92 Å². The Labute approximate surface area is 116 Å². The van der Waals surface area contributed by atoms with Crippen LogP contribution in [0.5, 0.6) is 0 Å². The first-order valence-corrected chi connectivity index (χ1v) is 6.42. The van der Waals surface area contributed by atoms with Crippen LogP contribution in [0.1, 0.15) is 18.1 Å². The molecule has 0 saturated carbocycles. The van der Waals surface area contributed by atoms with Gasteiger partial charge in [0.1, 0.15) is 0 Å². The molecule has 3 rings (SSSR count). The number of alkyl halides is 1. The molecule has 1 N–H and O–H groups in total. The van der Waals surface area contributed by atoms with E-state index in [1.54, 1.807) is 29.1 Å². The van der Waals surface area contributed by atoms with Crippen LogP contribution >= 0.6 is 0 Å². The molecule has 1 unspecified atom stereocenters. The molecule has 0 spiro atoms. The fourth-order valence-corrected chi connectivity index (χ4v) is 2.21. The fourth-order valence-electron chi connectivity index (χ4n) is 2.21. The predicted octanol–water partition coefficient (Wildman–Crippen LogP) is 3.47. The van der Waals surface area contributed by atoms with Gasteiger partial charge in [0.2, 0.25) is 5.85 Å². The highest BCUT2D eigenvalue weighted by Gasteiger charge is 2.21. The van der Waals surface area contributed by atoms with E-state index in [4.69, 9.17) is 0 Å². The van der Waals surface area contributed by atoms with E-state index < -0.39 is 5.85 Å². The molecule has 3 aromatic rings. The van der Waals surface area contributed by atoms with Crippen molar-refractivity contribution in [3.63, 3.8) is 0 Å². The highest BCUT2D eigenvalue weighted by Crippen LogP contribution is 2.26. The summed E-state index contributed by atoms with van der Waals surface area (Å²) in [4.78, 5) is 0. The largest absolute Gasteiger partial charge is 0.358 e. The zero-order valence-corrected chi connectivity index (χ0v) is 11.3. The SMILES string of the molecule is Cc1ccc(-n2ncc3cc(C(C)(O)F)ccc32)cc1. The lowest BCUT2D eigenvalue weighted by atomic mass is 10.1. The summed E-state index contributed by atoms with van der Waals surface area (Å²) < 4.78 is 15.3. The van der Waals surface area contributed by atoms with Gasteiger partial charge in [-0.2, -0.15) is 5.10 Å². The molecule has 1 atom stereocenters. The van der Waals surface area contributed by atoms with Gasteiger partial charge in [-0.05, 0) is 38.1 Å². The van der Waals surface area contributed by atoms with Gasteiger partial charge in [0, 0.05) is 10.9 Å². The molecule has 0 fully saturated rings. The molecule has 0 saturated heterocycles. The van der Waals surface area contributed by atoms with Crippen LogP contribution in [0.3, 0.4) is 0 Å². The molecule has 2 aromatic carbocycles. The van der Waals surface area contributed by atoms with Crippen molar-refractivity contribution in [2.24, 2.45) is 0 Å². The predicted molar refractivity (Wildman–Crippen MR) is 76.5 cm³/mol. The van der Waals surface area contributed by atoms with Crippen molar-refractivity contribution >= 4 is 10.9 Å². The minimum Gasteiger partial charge on any atom is -0.358 e. The second-order valence-corrected chi connectivity index (χ2v) is 5.12. The highest BCUT2D eigenvalue weighted by molar-refractivity contribution is 5.81. The molecule has 0 aliphatic carbocycles. The first-order chi connectivity index (χ1) is 9.45. The lowest BCUT2D eigenvalue weighted by molar-refractivity contribution is -0.0767. The molecule has 1 aromatic heterocycles. The second kappa shape index (κ2) is 4.42. The van der Waals surface area contributed by atoms with Crippen LogP contribution in [0.25, 0.3) is 16.6 Å². The number of hydrogen-bond donors (Lipinski definition) is 1. The Morgan fingerprint density at radius 3 is 2.50 bits per heavy atom. The fraction of sp³-hybridized carbons (Fsp3) is 0.188. The molecule has 0 amide bonds. The van der Waals surface area contributed by atoms with E-state index in [2.05, 4.69) is 5.10 Å². The van der Waals surface area contributed by atoms with Crippen LogP contribution in [0.2, 0.25) is 0 Å². The van der Waals surface area contributed by atoms with Crippen molar-refractivity contribution < 1.29 is 9.50 Å². The summed E-state index contributed by atoms with van der Waals surface area (Å²) in [5.74, 6) is -2.33. The topological polar surface area (TPSA) is 38.0 Å². The number of aryl methyl sites for hydroxylation is 1. The third-order valence-electron chi connectivity index (χ3n) is 3.37. The zero-order chi connectivity index (χ0) is 14.3. The van der Waals surface area contributed by atoms with Gasteiger partial charge >= 0.3 is 0 Å². The normalized spacial score (nSPS) is 14.4. The Hall–Kier alpha value is -2.20. The van der Waals surface area contributed by atoms with Crippen molar-refractivity contribution in [1.82, 2.24) is 9.78 Å². The van der Waals surface area contributed by atoms with Crippen LogP contribution in [0.15, 0.2) is 48.7 Å². The molecule has 102 valence electrons. The van der Waals surface area contributed by atoms with Crippen molar-refractivity contribution in [3.05, 3.63) is 59.8 Å². The number of rotatable bonds is 2. The second-order valence-electron chi connectivity index (χ2n) is 5.12. The summed E-state index contributed by atoms with van der Waals surface area (Å²) in [6.07, 6.45) is 1.67. The van der Waals surface area contributed by atoms with Gasteiger partial charge in [-0.25, -0.2) is 9.07 Å². The van der Waals surface area contributed by atoms with Crippen molar-refractivity contribution in [3.8, 4) is 5.69 Å². The maximum atomic E-state index is 13.6. The molecular weight excluding hydrogens is 255 g/mol. The number of hydrogen-bond acceptors (Lipinski definition) is 2. The van der Waals surface area contributed by atoms with Crippen molar-refractivity contribution in [1.29, 1.82) is 0 Å². The maximum Gasteiger partial charge on any atom is 0.230 e. The molecule has 0 radical (unpaired) electrons. The molecule has 3 nitrogen and oxygen atoms in total. The van der Waals surface area contributed by atoms with E-state index in [1.807, 2.05) is 31.2 Å². The van der Waals surface area contributed by atoms with E-state index in [1.165, 1.54) is 5.56 Å². The highest BCUT2D eigenvalue weighted by atomic mass is 19.2. The van der Waals surface area contributed by atoms with Crippen LogP contribution < -0.4 is 0 Å². The van der Waals surface area contributed by atoms with Gasteiger partial charge in [-0.15, -0.1) is 0 Å². The Morgan fingerprint density at radius 1 is 1.15 bits per heavy atom. The van der Waals surface area contributed by atoms with Gasteiger partial charge in [-0.1, -0.05) is 23.8 Å². The van der Waals surface area contributed by atoms with Gasteiger partial charge in [0.05, 0.1) is 17.4 Å². The van der Waals surface area contributed by atoms with E-state index >= 15 is 0 Å². The molecule has 1 heterocycles. The number of nitrogens with zero attached hydrogens (tertiary/aromatic N) is 2. The minimum atomic E-state index is -2.33. The zero-order valence-electron chi connectivity index (χ0n) is 11.3. The quantitative estimate of drug-likeness (QED) is 0.774. The maximum absolute atomic E-state index is 13.6. The summed E-state index contributed by atoms with van der Waals surface area (Å²) >= 11 is 0. The summed E-state index contributed by atoms with van der Waals surface area (Å²) in [6, 6.07) is 13.0. The third-order valence-corrected chi connectivity index (χ3v) is 3.37. The standard InChI is InChI=1S/C16H15FN2O/c1-11-3-6-14(7-4-11)19-15-8-5-13(16(2,17)20)9-12(15)10-18-19/h3-10,20H,1-2H3. The molecule has 20 heavy (non-hydrogen) atoms. The smallest absolute Gasteiger partial charge is 0.230 e. The lowest BCUT2D eigenvalue weighted by Gasteiger charge is -2.13. The van der Waals surface area contributed by atoms with Crippen molar-refractivity contribution in [2.75, 3.05) is 0 Å². The van der Waals surface area contributed by atoms with Crippen LogP contribution in [0.4, 0.5) is 4.39 Å². The van der Waals surface area contributed by atoms with Crippen LogP contribution in [-0.4, -0.2) is 14.9 Å². The van der Waals surface area contributed by atoms with Gasteiger partial charge in [-0.3, -0.25) is 0 Å².